The van der Waals surface area contributed by atoms with Crippen molar-refractivity contribution in [2.24, 2.45) is 0 Å². The van der Waals surface area contributed by atoms with Crippen molar-refractivity contribution >= 4 is 76.4 Å². The minimum Gasteiger partial charge on any atom is -0.310 e. The van der Waals surface area contributed by atoms with Gasteiger partial charge in [0.15, 0.2) is 0 Å². The van der Waals surface area contributed by atoms with E-state index in [0.717, 1.165) is 28.4 Å². The number of benzene rings is 10. The quantitative estimate of drug-likeness (QED) is 0.165. The predicted octanol–water partition coefficient (Wildman–Crippen LogP) is 16.5. The van der Waals surface area contributed by atoms with Gasteiger partial charge in [-0.1, -0.05) is 158 Å². The minimum atomic E-state index is -0.582. The van der Waals surface area contributed by atoms with Crippen LogP contribution < -0.4 is 9.80 Å². The molecule has 1 unspecified atom stereocenters. The van der Waals surface area contributed by atoms with Gasteiger partial charge in [0, 0.05) is 53.9 Å². The van der Waals surface area contributed by atoms with Crippen molar-refractivity contribution in [2.75, 3.05) is 9.80 Å². The Balaban J connectivity index is 1.13. The van der Waals surface area contributed by atoms with E-state index in [-0.39, 0.29) is 0 Å². The van der Waals surface area contributed by atoms with Crippen molar-refractivity contribution in [1.82, 2.24) is 0 Å². The lowest BCUT2D eigenvalue weighted by Crippen LogP contribution is -2.26. The maximum atomic E-state index is 2.53. The van der Waals surface area contributed by atoms with Crippen LogP contribution in [0.25, 0.3) is 53.2 Å². The van der Waals surface area contributed by atoms with Crippen LogP contribution in [0.5, 0.6) is 0 Å². The molecule has 0 N–H and O–H groups in total. The number of hydrogen-bond acceptors (Lipinski definition) is 3. The smallest absolute Gasteiger partial charge is 0.0727 e. The van der Waals surface area contributed by atoms with Crippen LogP contribution in [0.3, 0.4) is 0 Å². The Morgan fingerprint density at radius 2 is 0.790 bits per heavy atom. The van der Waals surface area contributed by atoms with Gasteiger partial charge in [-0.2, -0.15) is 0 Å². The van der Waals surface area contributed by atoms with Gasteiger partial charge in [0.2, 0.25) is 0 Å². The molecule has 0 bridgehead atoms. The summed E-state index contributed by atoms with van der Waals surface area (Å²) in [7, 11) is 0. The number of anilines is 6. The van der Waals surface area contributed by atoms with Crippen molar-refractivity contribution < 1.29 is 0 Å². The third-order valence-corrected chi connectivity index (χ3v) is 14.4. The van der Waals surface area contributed by atoms with Crippen LogP contribution >= 0.6 is 11.3 Å². The Morgan fingerprint density at radius 1 is 0.290 bits per heavy atom. The molecule has 2 aliphatic rings. The summed E-state index contributed by atoms with van der Waals surface area (Å²) in [5, 5.41) is 5.06. The normalized spacial score (nSPS) is 14.5. The molecule has 0 amide bonds. The van der Waals surface area contributed by atoms with Crippen LogP contribution in [-0.2, 0) is 5.41 Å². The predicted molar refractivity (Wildman–Crippen MR) is 263 cm³/mol. The van der Waals surface area contributed by atoms with E-state index < -0.39 is 5.41 Å². The van der Waals surface area contributed by atoms with Crippen molar-refractivity contribution in [1.29, 1.82) is 0 Å². The van der Waals surface area contributed by atoms with Gasteiger partial charge in [0.25, 0.3) is 0 Å². The number of fused-ring (bicyclic) bond motifs is 15. The summed E-state index contributed by atoms with van der Waals surface area (Å²) < 4.78 is 2.61. The highest BCUT2D eigenvalue weighted by Gasteiger charge is 2.53. The average Bonchev–Trinajstić information content (AvgIpc) is 3.97. The Kier molecular flexibility index (Phi) is 7.72. The van der Waals surface area contributed by atoms with Gasteiger partial charge in [-0.3, -0.25) is 0 Å². The summed E-state index contributed by atoms with van der Waals surface area (Å²) in [5.41, 5.74) is 16.6. The first-order chi connectivity index (χ1) is 30.8. The molecule has 1 aromatic heterocycles. The van der Waals surface area contributed by atoms with E-state index in [0.29, 0.717) is 0 Å². The van der Waals surface area contributed by atoms with E-state index in [4.69, 9.17) is 0 Å². The zero-order valence-electron chi connectivity index (χ0n) is 33.7. The van der Waals surface area contributed by atoms with Gasteiger partial charge in [-0.15, -0.1) is 11.3 Å². The topological polar surface area (TPSA) is 6.48 Å². The molecule has 2 aliphatic carbocycles. The van der Waals surface area contributed by atoms with E-state index >= 15 is 0 Å². The van der Waals surface area contributed by atoms with E-state index in [9.17, 15) is 0 Å². The average molecular weight is 807 g/mol. The van der Waals surface area contributed by atoms with Gasteiger partial charge >= 0.3 is 0 Å². The second-order valence-electron chi connectivity index (χ2n) is 16.4. The minimum absolute atomic E-state index is 0.582. The fraction of sp³-hybridized carbons (Fsp3) is 0.0169. The maximum absolute atomic E-state index is 2.53. The fourth-order valence-electron chi connectivity index (χ4n) is 10.8. The fourth-order valence-corrected chi connectivity index (χ4v) is 11.9. The molecule has 2 nitrogen and oxygen atoms in total. The van der Waals surface area contributed by atoms with Gasteiger partial charge in [-0.05, 0) is 117 Å². The Labute approximate surface area is 364 Å². The van der Waals surface area contributed by atoms with Gasteiger partial charge in [0.1, 0.15) is 0 Å². The highest BCUT2D eigenvalue weighted by Crippen LogP contribution is 2.66. The molecule has 11 aromatic rings. The molecule has 290 valence electrons. The van der Waals surface area contributed by atoms with E-state index in [1.807, 2.05) is 11.3 Å². The van der Waals surface area contributed by atoms with E-state index in [1.165, 1.54) is 81.1 Å². The highest BCUT2D eigenvalue weighted by atomic mass is 32.1. The van der Waals surface area contributed by atoms with Gasteiger partial charge in [0.05, 0.1) is 16.8 Å². The summed E-state index contributed by atoms with van der Waals surface area (Å²) >= 11 is 1.86. The van der Waals surface area contributed by atoms with E-state index in [2.05, 4.69) is 240 Å². The molecule has 1 atom stereocenters. The zero-order valence-corrected chi connectivity index (χ0v) is 34.6. The molecular formula is C59H38N2S. The Morgan fingerprint density at radius 3 is 1.45 bits per heavy atom. The number of para-hydroxylation sites is 3. The van der Waals surface area contributed by atoms with Crippen LogP contribution in [0, 0.1) is 0 Å². The molecule has 10 aromatic carbocycles. The number of rotatable bonds is 6. The van der Waals surface area contributed by atoms with Crippen molar-refractivity contribution in [3.05, 3.63) is 253 Å². The molecule has 13 rings (SSSR count). The Bertz CT molecular complexity index is 3500. The summed E-state index contributed by atoms with van der Waals surface area (Å²) in [5.74, 6) is 0. The van der Waals surface area contributed by atoms with Crippen molar-refractivity contribution in [3.8, 4) is 22.3 Å². The molecule has 0 saturated carbocycles. The molecule has 0 aliphatic heterocycles. The van der Waals surface area contributed by atoms with Crippen molar-refractivity contribution in [2.45, 2.75) is 5.41 Å². The zero-order chi connectivity index (χ0) is 40.8. The molecule has 0 fully saturated rings. The van der Waals surface area contributed by atoms with Crippen LogP contribution in [0.15, 0.2) is 231 Å². The number of thiophene rings is 1. The van der Waals surface area contributed by atoms with Gasteiger partial charge < -0.3 is 9.80 Å². The summed E-state index contributed by atoms with van der Waals surface area (Å²) in [6.45, 7) is 0. The third kappa shape index (κ3) is 4.91. The van der Waals surface area contributed by atoms with Crippen LogP contribution in [0.2, 0.25) is 0 Å². The monoisotopic (exact) mass is 806 g/mol. The maximum Gasteiger partial charge on any atom is 0.0727 e. The third-order valence-electron chi connectivity index (χ3n) is 13.2. The number of hydrogen-bond donors (Lipinski definition) is 0. The first kappa shape index (κ1) is 35.1. The first-order valence-corrected chi connectivity index (χ1v) is 22.2. The second kappa shape index (κ2) is 13.7. The summed E-state index contributed by atoms with van der Waals surface area (Å²) in [6.07, 6.45) is 0. The van der Waals surface area contributed by atoms with Crippen LogP contribution in [0.1, 0.15) is 22.3 Å². The summed E-state index contributed by atoms with van der Waals surface area (Å²) in [6, 6.07) is 85.3. The largest absolute Gasteiger partial charge is 0.310 e. The molecular weight excluding hydrogens is 769 g/mol. The van der Waals surface area contributed by atoms with Crippen LogP contribution in [0.4, 0.5) is 34.1 Å². The second-order valence-corrected chi connectivity index (χ2v) is 17.4. The molecule has 0 saturated heterocycles. The van der Waals surface area contributed by atoms with Crippen molar-refractivity contribution in [3.63, 3.8) is 0 Å². The lowest BCUT2D eigenvalue weighted by Gasteiger charge is -2.33. The summed E-state index contributed by atoms with van der Waals surface area (Å²) in [4.78, 5) is 4.93. The molecule has 3 heteroatoms. The van der Waals surface area contributed by atoms with E-state index in [1.54, 1.807) is 0 Å². The highest BCUT2D eigenvalue weighted by molar-refractivity contribution is 7.25. The molecule has 62 heavy (non-hydrogen) atoms. The Hall–Kier alpha value is -7.72. The lowest BCUT2D eigenvalue weighted by molar-refractivity contribution is 0.794. The lowest BCUT2D eigenvalue weighted by atomic mass is 9.70. The standard InChI is InChI=1S/C59H38N2S/c1-4-19-39(20-5-1)60(40-21-6-2-7-22-40)54-38-52-57(45-27-11-10-25-43(45)54)46-28-12-15-30-49(46)59(52)50-31-16-13-29-47(50)58-51(59)32-18-33-53(58)61(41-23-8-3-9-24-41)42-35-36-56-48(37-42)44-26-14-17-34-55(44)62-56/h1-38H. The van der Waals surface area contributed by atoms with Crippen LogP contribution in [-0.4, -0.2) is 0 Å². The number of nitrogens with zero attached hydrogens (tertiary/aromatic N) is 2. The SMILES string of the molecule is c1ccc(N(c2ccc3sc4ccccc4c3c2)c2cccc3c2-c2ccccc2C32c3ccccc3-c3c2cc(N(c2ccccc2)c2ccccc2)c2ccccc32)cc1. The molecule has 1 heterocycles. The molecule has 0 radical (unpaired) electrons. The van der Waals surface area contributed by atoms with Gasteiger partial charge in [-0.25, -0.2) is 0 Å². The first-order valence-electron chi connectivity index (χ1n) is 21.4. The molecule has 1 spiro atoms.